The van der Waals surface area contributed by atoms with E-state index in [0.29, 0.717) is 0 Å². The fraction of sp³-hybridized carbons (Fsp3) is 0.667. The Morgan fingerprint density at radius 2 is 1.62 bits per heavy atom. The molecule has 0 aliphatic carbocycles. The fourth-order valence-electron chi connectivity index (χ4n) is 0.585. The smallest absolute Gasteiger partial charge is 0.00258 e. The van der Waals surface area contributed by atoms with Gasteiger partial charge in [0.15, 0.2) is 0 Å². The molecule has 0 aliphatic rings. The van der Waals surface area contributed by atoms with Crippen LogP contribution in [0.15, 0.2) is 23.1 Å². The zero-order valence-corrected chi connectivity index (χ0v) is 11.2. The van der Waals surface area contributed by atoms with Crippen LogP contribution in [0.3, 0.4) is 0 Å². The highest BCUT2D eigenvalue weighted by atomic mass is 32.2. The molecule has 0 rings (SSSR count). The van der Waals surface area contributed by atoms with Gasteiger partial charge in [-0.25, -0.2) is 0 Å². The van der Waals surface area contributed by atoms with Crippen molar-refractivity contribution in [3.8, 4) is 0 Å². The predicted octanol–water partition coefficient (Wildman–Crippen LogP) is 5.27. The molecule has 0 fully saturated rings. The van der Waals surface area contributed by atoms with Crippen LogP contribution < -0.4 is 0 Å². The minimum absolute atomic E-state index is 1.13. The second kappa shape index (κ2) is 22.6. The van der Waals surface area contributed by atoms with Crippen molar-refractivity contribution < 1.29 is 0 Å². The molecule has 13 heavy (non-hydrogen) atoms. The summed E-state index contributed by atoms with van der Waals surface area (Å²) in [7, 11) is 0. The molecule has 0 aromatic carbocycles. The maximum Gasteiger partial charge on any atom is 0.00258 e. The highest BCUT2D eigenvalue weighted by molar-refractivity contribution is 8.02. The Kier molecular flexibility index (Phi) is 32.3. The van der Waals surface area contributed by atoms with Crippen LogP contribution in [-0.2, 0) is 0 Å². The molecular weight excluding hydrogens is 176 g/mol. The summed E-state index contributed by atoms with van der Waals surface area (Å²) in [5.74, 6) is 0. The molecule has 0 radical (unpaired) electrons. The lowest BCUT2D eigenvalue weighted by molar-refractivity contribution is 1.22. The summed E-state index contributed by atoms with van der Waals surface area (Å²) in [5.41, 5.74) is 0. The van der Waals surface area contributed by atoms with Crippen molar-refractivity contribution in [1.29, 1.82) is 0 Å². The molecule has 0 aromatic rings. The van der Waals surface area contributed by atoms with E-state index >= 15 is 0 Å². The second-order valence-corrected chi connectivity index (χ2v) is 2.60. The average molecular weight is 202 g/mol. The molecule has 0 bridgehead atoms. The van der Waals surface area contributed by atoms with Crippen LogP contribution in [0.4, 0.5) is 0 Å². The first-order valence-electron chi connectivity index (χ1n) is 5.22. The fourth-order valence-corrected chi connectivity index (χ4v) is 1.19. The summed E-state index contributed by atoms with van der Waals surface area (Å²) in [6.07, 6.45) is 9.65. The Labute approximate surface area is 89.5 Å². The van der Waals surface area contributed by atoms with Crippen molar-refractivity contribution in [2.75, 3.05) is 6.26 Å². The van der Waals surface area contributed by atoms with Crippen molar-refractivity contribution in [3.63, 3.8) is 0 Å². The molecule has 80 valence electrons. The lowest BCUT2D eigenvalue weighted by Gasteiger charge is -1.92. The van der Waals surface area contributed by atoms with Gasteiger partial charge in [0.05, 0.1) is 0 Å². The van der Waals surface area contributed by atoms with Gasteiger partial charge in [0.1, 0.15) is 0 Å². The van der Waals surface area contributed by atoms with Crippen molar-refractivity contribution in [1.82, 2.24) is 0 Å². The molecule has 0 heterocycles. The molecule has 0 nitrogen and oxygen atoms in total. The standard InChI is InChI=1S/C8H14S.2C2H6/c1-4-6-8(9-3)7-5-2;2*1-2/h4,6-7H,5H2,1-3H3;2*1-2H3/b6-4-,8-7+;;. The van der Waals surface area contributed by atoms with Gasteiger partial charge in [0.25, 0.3) is 0 Å². The predicted molar refractivity (Wildman–Crippen MR) is 69.4 cm³/mol. The minimum atomic E-state index is 1.13. The van der Waals surface area contributed by atoms with Gasteiger partial charge in [0.2, 0.25) is 0 Å². The molecule has 0 aromatic heterocycles. The summed E-state index contributed by atoms with van der Waals surface area (Å²) in [6.45, 7) is 12.2. The Balaban J connectivity index is -0.000000218. The number of allylic oxidation sites excluding steroid dienone is 3. The van der Waals surface area contributed by atoms with Gasteiger partial charge in [-0.2, -0.15) is 0 Å². The maximum atomic E-state index is 2.23. The first kappa shape index (κ1) is 18.6. The lowest BCUT2D eigenvalue weighted by atomic mass is 10.4. The minimum Gasteiger partial charge on any atom is -0.130 e. The second-order valence-electron chi connectivity index (χ2n) is 1.72. The molecule has 0 saturated heterocycles. The molecular formula is C12H26S. The molecule has 1 heteroatoms. The SMILES string of the molecule is C/C=C\C(=C/CC)SC.CC.CC. The first-order valence-corrected chi connectivity index (χ1v) is 6.44. The Bertz CT molecular complexity index is 112. The molecule has 0 spiro atoms. The van der Waals surface area contributed by atoms with Gasteiger partial charge >= 0.3 is 0 Å². The summed E-state index contributed by atoms with van der Waals surface area (Å²) in [5, 5.41) is 0. The molecule has 0 unspecified atom stereocenters. The van der Waals surface area contributed by atoms with E-state index in [2.05, 4.69) is 31.4 Å². The van der Waals surface area contributed by atoms with Crippen LogP contribution >= 0.6 is 11.8 Å². The highest BCUT2D eigenvalue weighted by Gasteiger charge is 1.82. The zero-order chi connectivity index (χ0) is 11.1. The lowest BCUT2D eigenvalue weighted by Crippen LogP contribution is -1.66. The number of hydrogen-bond donors (Lipinski definition) is 0. The normalized spacial score (nSPS) is 9.92. The van der Waals surface area contributed by atoms with Gasteiger partial charge in [-0.05, 0) is 19.6 Å². The van der Waals surface area contributed by atoms with Gasteiger partial charge in [0, 0.05) is 4.91 Å². The summed E-state index contributed by atoms with van der Waals surface area (Å²) >= 11 is 1.79. The van der Waals surface area contributed by atoms with E-state index in [1.165, 1.54) is 4.91 Å². The highest BCUT2D eigenvalue weighted by Crippen LogP contribution is 2.12. The third kappa shape index (κ3) is 18.6. The topological polar surface area (TPSA) is 0 Å². The van der Waals surface area contributed by atoms with Gasteiger partial charge < -0.3 is 0 Å². The van der Waals surface area contributed by atoms with Crippen LogP contribution in [0.5, 0.6) is 0 Å². The Hall–Kier alpha value is -0.170. The van der Waals surface area contributed by atoms with E-state index in [-0.39, 0.29) is 0 Å². The summed E-state index contributed by atoms with van der Waals surface area (Å²) in [6, 6.07) is 0. The summed E-state index contributed by atoms with van der Waals surface area (Å²) < 4.78 is 0. The summed E-state index contributed by atoms with van der Waals surface area (Å²) in [4.78, 5) is 1.36. The van der Waals surface area contributed by atoms with E-state index in [0.717, 1.165) is 6.42 Å². The van der Waals surface area contributed by atoms with Gasteiger partial charge in [-0.15, -0.1) is 11.8 Å². The van der Waals surface area contributed by atoms with E-state index in [9.17, 15) is 0 Å². The van der Waals surface area contributed by atoms with Crippen molar-refractivity contribution in [2.45, 2.75) is 48.0 Å². The molecule has 0 saturated carbocycles. The van der Waals surface area contributed by atoms with E-state index in [4.69, 9.17) is 0 Å². The Morgan fingerprint density at radius 1 is 1.15 bits per heavy atom. The van der Waals surface area contributed by atoms with Gasteiger partial charge in [-0.3, -0.25) is 0 Å². The molecule has 0 amide bonds. The zero-order valence-electron chi connectivity index (χ0n) is 10.3. The maximum absolute atomic E-state index is 2.23. The number of rotatable bonds is 3. The molecule has 0 atom stereocenters. The van der Waals surface area contributed by atoms with Crippen LogP contribution in [-0.4, -0.2) is 6.26 Å². The van der Waals surface area contributed by atoms with E-state index < -0.39 is 0 Å². The van der Waals surface area contributed by atoms with Crippen molar-refractivity contribution in [3.05, 3.63) is 23.1 Å². The Morgan fingerprint density at radius 3 is 1.85 bits per heavy atom. The van der Waals surface area contributed by atoms with Crippen molar-refractivity contribution in [2.24, 2.45) is 0 Å². The quantitative estimate of drug-likeness (QED) is 0.562. The average Bonchev–Trinajstić information content (AvgIpc) is 2.23. The van der Waals surface area contributed by atoms with Crippen LogP contribution in [0.1, 0.15) is 48.0 Å². The van der Waals surface area contributed by atoms with Crippen molar-refractivity contribution >= 4 is 11.8 Å². The molecule has 0 aliphatic heterocycles. The van der Waals surface area contributed by atoms with Crippen LogP contribution in [0.25, 0.3) is 0 Å². The van der Waals surface area contributed by atoms with Crippen LogP contribution in [0, 0.1) is 0 Å². The van der Waals surface area contributed by atoms with Gasteiger partial charge in [-0.1, -0.05) is 52.8 Å². The monoisotopic (exact) mass is 202 g/mol. The third-order valence-electron chi connectivity index (χ3n) is 0.972. The first-order chi connectivity index (χ1) is 6.35. The van der Waals surface area contributed by atoms with E-state index in [1.54, 1.807) is 11.8 Å². The number of thioether (sulfide) groups is 1. The van der Waals surface area contributed by atoms with E-state index in [1.807, 2.05) is 34.6 Å². The third-order valence-corrected chi connectivity index (χ3v) is 1.75. The largest absolute Gasteiger partial charge is 0.130 e. The number of hydrogen-bond acceptors (Lipinski definition) is 1. The molecule has 0 N–H and O–H groups in total. The van der Waals surface area contributed by atoms with Crippen LogP contribution in [0.2, 0.25) is 0 Å².